The molecule has 0 amide bonds. The molecule has 1 nitrogen and oxygen atoms in total. The molecule has 0 fully saturated rings. The van der Waals surface area contributed by atoms with Gasteiger partial charge in [-0.25, -0.2) is 0 Å². The van der Waals surface area contributed by atoms with E-state index in [2.05, 4.69) is 12.1 Å². The first kappa shape index (κ1) is 4.82. The normalized spacial score (nSPS) is 15.8. The molecule has 0 aliphatic carbocycles. The molecule has 4 heteroatoms. The van der Waals surface area contributed by atoms with Gasteiger partial charge < -0.3 is 4.80 Å². The first-order valence-electron chi connectivity index (χ1n) is 0.735. The van der Waals surface area contributed by atoms with Crippen LogP contribution in [0, 0.1) is 0 Å². The molecule has 0 rings (SSSR count). The lowest BCUT2D eigenvalue weighted by atomic mass is 15.9. The topological polar surface area (TPSA) is 20.2 Å². The monoisotopic (exact) mass is 114 g/mol. The number of halogens is 1. The van der Waals surface area contributed by atoms with Gasteiger partial charge in [0, 0.05) is 0 Å². The van der Waals surface area contributed by atoms with Crippen molar-refractivity contribution >= 4 is 30.7 Å². The van der Waals surface area contributed by atoms with Crippen LogP contribution in [0.15, 0.2) is 0 Å². The van der Waals surface area contributed by atoms with Gasteiger partial charge in [0.15, 0.2) is 0 Å². The van der Waals surface area contributed by atoms with Crippen molar-refractivity contribution in [2.75, 3.05) is 0 Å². The van der Waals surface area contributed by atoms with Gasteiger partial charge in [0.1, 0.15) is 0 Å². The second-order valence-corrected chi connectivity index (χ2v) is 4.55. The van der Waals surface area contributed by atoms with Gasteiger partial charge in [-0.05, 0) is 0 Å². The van der Waals surface area contributed by atoms with Crippen LogP contribution in [0.5, 0.6) is 0 Å². The van der Waals surface area contributed by atoms with E-state index in [0.717, 1.165) is 0 Å². The minimum absolute atomic E-state index is 1.97. The summed E-state index contributed by atoms with van der Waals surface area (Å²) in [7, 11) is -1.97. The van der Waals surface area contributed by atoms with Gasteiger partial charge in [-0.3, -0.25) is 0 Å². The predicted molar refractivity (Wildman–Crippen MR) is 24.2 cm³/mol. The van der Waals surface area contributed by atoms with E-state index >= 15 is 0 Å². The summed E-state index contributed by atoms with van der Waals surface area (Å²) in [4.78, 5) is 7.82. The quantitative estimate of drug-likeness (QED) is 0.255. The summed E-state index contributed by atoms with van der Waals surface area (Å²) < 4.78 is 0. The van der Waals surface area contributed by atoms with E-state index in [1.54, 1.807) is 0 Å². The van der Waals surface area contributed by atoms with Crippen LogP contribution in [-0.2, 0) is 0 Å². The number of hydrogen-bond donors (Lipinski definition) is 2. The third-order valence-electron chi connectivity index (χ3n) is 0. The van der Waals surface area contributed by atoms with Crippen LogP contribution in [0.2, 0.25) is 0 Å². The van der Waals surface area contributed by atoms with E-state index in [4.69, 9.17) is 15.9 Å². The summed E-state index contributed by atoms with van der Waals surface area (Å²) in [5.41, 5.74) is 0. The Labute approximate surface area is 36.1 Å². The largest absolute Gasteiger partial charge is 0.414 e. The van der Waals surface area contributed by atoms with E-state index in [1.807, 2.05) is 0 Å². The van der Waals surface area contributed by atoms with E-state index < -0.39 is 7.50 Å². The Balaban J connectivity index is 2.32. The van der Waals surface area contributed by atoms with Crippen molar-refractivity contribution < 1.29 is 4.80 Å². The van der Waals surface area contributed by atoms with Gasteiger partial charge in [0.05, 0.1) is 0 Å². The van der Waals surface area contributed by atoms with Crippen molar-refractivity contribution in [2.24, 2.45) is 0 Å². The summed E-state index contributed by atoms with van der Waals surface area (Å²) >= 11 is 8.26. The van der Waals surface area contributed by atoms with Crippen LogP contribution in [0.25, 0.3) is 0 Å². The second-order valence-electron chi connectivity index (χ2n) is 0.311. The fourth-order valence-corrected chi connectivity index (χ4v) is 0. The van der Waals surface area contributed by atoms with E-state index in [0.29, 0.717) is 0 Å². The number of thiol groups is 1. The predicted octanol–water partition coefficient (Wildman–Crippen LogP) is -0.136. The van der Waals surface area contributed by atoms with E-state index in [-0.39, 0.29) is 0 Å². The molecule has 4 heavy (non-hydrogen) atoms. The first-order chi connectivity index (χ1) is 1.73. The Hall–Kier alpha value is 0.817. The molecule has 26 valence electrons. The van der Waals surface area contributed by atoms with Crippen LogP contribution in [0.4, 0.5) is 0 Å². The lowest BCUT2D eigenvalue weighted by Crippen LogP contribution is -1.83. The Bertz CT molecular complexity index is 12.8. The van der Waals surface area contributed by atoms with Gasteiger partial charge in [-0.15, -0.1) is 11.1 Å². The van der Waals surface area contributed by atoms with Gasteiger partial charge in [-0.2, -0.15) is 12.1 Å². The molecule has 0 aliphatic rings. The molecular formula is H3ClOSSi. The molecule has 0 spiro atoms. The van der Waals surface area contributed by atoms with E-state index in [1.165, 1.54) is 0 Å². The SMILES string of the molecule is O[SiH](S)Cl. The molecule has 0 saturated heterocycles. The highest BCUT2D eigenvalue weighted by Gasteiger charge is 1.81. The zero-order valence-electron chi connectivity index (χ0n) is 1.85. The maximum Gasteiger partial charge on any atom is 0.332 e. The molecule has 0 saturated carbocycles. The molecule has 0 aromatic heterocycles. The highest BCUT2D eigenvalue weighted by atomic mass is 35.6. The molecular weight excluding hydrogens is 112 g/mol. The Morgan fingerprint density at radius 1 is 2.00 bits per heavy atom. The molecule has 0 bridgehead atoms. The third kappa shape index (κ3) is 13.9. The van der Waals surface area contributed by atoms with E-state index in [9.17, 15) is 0 Å². The summed E-state index contributed by atoms with van der Waals surface area (Å²) in [6.45, 7) is 0. The molecule has 1 unspecified atom stereocenters. The molecule has 0 radical (unpaired) electrons. The Morgan fingerprint density at radius 3 is 2.00 bits per heavy atom. The maximum atomic E-state index is 7.82. The molecule has 0 aromatic carbocycles. The van der Waals surface area contributed by atoms with Crippen LogP contribution in [0.1, 0.15) is 0 Å². The highest BCUT2D eigenvalue weighted by molar-refractivity contribution is 8.14. The van der Waals surface area contributed by atoms with Crippen LogP contribution in [0.3, 0.4) is 0 Å². The Morgan fingerprint density at radius 2 is 2.00 bits per heavy atom. The lowest BCUT2D eigenvalue weighted by molar-refractivity contribution is 0.616. The molecule has 0 aromatic rings. The smallest absolute Gasteiger partial charge is 0.332 e. The summed E-state index contributed by atoms with van der Waals surface area (Å²) in [6.07, 6.45) is 0. The first-order valence-corrected chi connectivity index (χ1v) is 5.06. The van der Waals surface area contributed by atoms with Crippen molar-refractivity contribution in [3.8, 4) is 0 Å². The number of hydrogen-bond acceptors (Lipinski definition) is 2. The summed E-state index contributed by atoms with van der Waals surface area (Å²) in [5, 5.41) is 0. The van der Waals surface area contributed by atoms with Gasteiger partial charge >= 0.3 is 7.50 Å². The van der Waals surface area contributed by atoms with Gasteiger partial charge in [0.2, 0.25) is 0 Å². The van der Waals surface area contributed by atoms with Crippen molar-refractivity contribution in [1.82, 2.24) is 0 Å². The second kappa shape index (κ2) is 2.08. The van der Waals surface area contributed by atoms with Gasteiger partial charge in [-0.1, -0.05) is 0 Å². The van der Waals surface area contributed by atoms with Crippen molar-refractivity contribution in [2.45, 2.75) is 0 Å². The average Bonchev–Trinajstić information content (AvgIpc) is 0.811. The van der Waals surface area contributed by atoms with Crippen LogP contribution in [-0.4, -0.2) is 12.3 Å². The number of rotatable bonds is 0. The molecule has 1 atom stereocenters. The fourth-order valence-electron chi connectivity index (χ4n) is 0. The minimum atomic E-state index is -1.97. The minimum Gasteiger partial charge on any atom is -0.414 e. The maximum absolute atomic E-state index is 7.82. The highest BCUT2D eigenvalue weighted by Crippen LogP contribution is 1.83. The van der Waals surface area contributed by atoms with Crippen molar-refractivity contribution in [3.05, 3.63) is 0 Å². The van der Waals surface area contributed by atoms with Crippen molar-refractivity contribution in [1.29, 1.82) is 0 Å². The van der Waals surface area contributed by atoms with Crippen LogP contribution < -0.4 is 0 Å². The van der Waals surface area contributed by atoms with Crippen LogP contribution >= 0.6 is 23.2 Å². The van der Waals surface area contributed by atoms with Gasteiger partial charge in [0.25, 0.3) is 0 Å². The zero-order chi connectivity index (χ0) is 3.58. The zero-order valence-corrected chi connectivity index (χ0v) is 4.65. The standard InChI is InChI=1S/ClH3OSSi/c1-4(2)3/h2-4H. The molecule has 1 N–H and O–H groups in total. The Kier molecular flexibility index (Phi) is 2.50. The lowest BCUT2D eigenvalue weighted by Gasteiger charge is -1.71. The van der Waals surface area contributed by atoms with Crippen molar-refractivity contribution in [3.63, 3.8) is 0 Å². The summed E-state index contributed by atoms with van der Waals surface area (Å²) in [5.74, 6) is 0. The molecule has 0 heterocycles. The summed E-state index contributed by atoms with van der Waals surface area (Å²) in [6, 6.07) is 0. The third-order valence-corrected chi connectivity index (χ3v) is 0. The molecule has 0 aliphatic heterocycles. The fraction of sp³-hybridized carbons (Fsp3) is 0. The average molecular weight is 115 g/mol.